The second-order valence-electron chi connectivity index (χ2n) is 3.71. The van der Waals surface area contributed by atoms with Crippen LogP contribution in [0, 0.1) is 10.1 Å². The third-order valence-corrected chi connectivity index (χ3v) is 2.29. The van der Waals surface area contributed by atoms with E-state index in [9.17, 15) is 10.1 Å². The first-order valence-corrected chi connectivity index (χ1v) is 5.60. The van der Waals surface area contributed by atoms with Gasteiger partial charge in [0, 0.05) is 6.54 Å². The summed E-state index contributed by atoms with van der Waals surface area (Å²) in [5.74, 6) is 0.370. The number of hydrogen-bond donors (Lipinski definition) is 2. The van der Waals surface area contributed by atoms with Crippen LogP contribution in [0.25, 0.3) is 0 Å². The second kappa shape index (κ2) is 6.36. The fourth-order valence-corrected chi connectivity index (χ4v) is 1.50. The molecule has 1 aromatic rings. The molecule has 0 aliphatic rings. The number of anilines is 1. The average molecular weight is 260 g/mol. The van der Waals surface area contributed by atoms with Crippen LogP contribution in [0.5, 0.6) is 0 Å². The Balaban J connectivity index is 2.56. The third-order valence-electron chi connectivity index (χ3n) is 2.09. The van der Waals surface area contributed by atoms with Gasteiger partial charge in [-0.1, -0.05) is 11.6 Å². The van der Waals surface area contributed by atoms with Crippen molar-refractivity contribution in [3.8, 4) is 0 Å². The largest absolute Gasteiger partial charge is 0.393 e. The number of halogens is 1. The molecule has 1 atom stereocenters. The summed E-state index contributed by atoms with van der Waals surface area (Å²) >= 11 is 5.66. The van der Waals surface area contributed by atoms with Crippen LogP contribution in [0.1, 0.15) is 19.8 Å². The summed E-state index contributed by atoms with van der Waals surface area (Å²) in [6.45, 7) is 2.29. The van der Waals surface area contributed by atoms with E-state index < -0.39 is 4.92 Å². The molecule has 1 unspecified atom stereocenters. The van der Waals surface area contributed by atoms with E-state index in [-0.39, 0.29) is 16.9 Å². The number of aromatic nitrogens is 1. The normalized spacial score (nSPS) is 12.2. The maximum absolute atomic E-state index is 10.6. The molecule has 0 radical (unpaired) electrons. The number of pyridine rings is 1. The van der Waals surface area contributed by atoms with Crippen LogP contribution in [0.3, 0.4) is 0 Å². The Morgan fingerprint density at radius 2 is 2.35 bits per heavy atom. The van der Waals surface area contributed by atoms with E-state index in [1.165, 1.54) is 12.1 Å². The predicted molar refractivity (Wildman–Crippen MR) is 65.3 cm³/mol. The van der Waals surface area contributed by atoms with Gasteiger partial charge in [0.2, 0.25) is 0 Å². The fourth-order valence-electron chi connectivity index (χ4n) is 1.29. The SMILES string of the molecule is CC(O)CCCNc1cc([N+](=O)[O-])cc(Cl)n1. The van der Waals surface area contributed by atoms with Crippen molar-refractivity contribution in [1.82, 2.24) is 4.98 Å². The highest BCUT2D eigenvalue weighted by Crippen LogP contribution is 2.20. The standard InChI is InChI=1S/C10H14ClN3O3/c1-7(15)3-2-4-12-10-6-8(14(16)17)5-9(11)13-10/h5-7,15H,2-4H2,1H3,(H,12,13). The van der Waals surface area contributed by atoms with Gasteiger partial charge in [-0.15, -0.1) is 0 Å². The van der Waals surface area contributed by atoms with Gasteiger partial charge in [-0.25, -0.2) is 4.98 Å². The van der Waals surface area contributed by atoms with Gasteiger partial charge in [0.15, 0.2) is 0 Å². The molecule has 0 saturated heterocycles. The minimum absolute atomic E-state index is 0.0808. The average Bonchev–Trinajstić information content (AvgIpc) is 2.23. The van der Waals surface area contributed by atoms with E-state index in [0.29, 0.717) is 18.8 Å². The fraction of sp³-hybridized carbons (Fsp3) is 0.500. The van der Waals surface area contributed by atoms with Crippen LogP contribution < -0.4 is 5.32 Å². The lowest BCUT2D eigenvalue weighted by molar-refractivity contribution is -0.384. The van der Waals surface area contributed by atoms with Crippen molar-refractivity contribution in [2.75, 3.05) is 11.9 Å². The molecule has 94 valence electrons. The molecule has 6 nitrogen and oxygen atoms in total. The molecule has 1 rings (SSSR count). The topological polar surface area (TPSA) is 88.3 Å². The first-order valence-electron chi connectivity index (χ1n) is 5.23. The molecule has 0 aliphatic carbocycles. The van der Waals surface area contributed by atoms with E-state index in [1.54, 1.807) is 6.92 Å². The minimum Gasteiger partial charge on any atom is -0.393 e. The van der Waals surface area contributed by atoms with Crippen LogP contribution >= 0.6 is 11.6 Å². The summed E-state index contributed by atoms with van der Waals surface area (Å²) < 4.78 is 0. The van der Waals surface area contributed by atoms with Crippen LogP contribution in [0.15, 0.2) is 12.1 Å². The number of hydrogen-bond acceptors (Lipinski definition) is 5. The van der Waals surface area contributed by atoms with E-state index in [2.05, 4.69) is 10.3 Å². The Hall–Kier alpha value is -1.40. The predicted octanol–water partition coefficient (Wildman–Crippen LogP) is 2.22. The molecule has 0 fully saturated rings. The molecule has 0 bridgehead atoms. The van der Waals surface area contributed by atoms with Crippen molar-refractivity contribution < 1.29 is 10.0 Å². The maximum Gasteiger partial charge on any atom is 0.276 e. The van der Waals surface area contributed by atoms with Gasteiger partial charge in [-0.2, -0.15) is 0 Å². The molecule has 2 N–H and O–H groups in total. The molecule has 0 aliphatic heterocycles. The Morgan fingerprint density at radius 1 is 1.65 bits per heavy atom. The van der Waals surface area contributed by atoms with Crippen LogP contribution in [-0.2, 0) is 0 Å². The molecule has 0 amide bonds. The zero-order valence-electron chi connectivity index (χ0n) is 9.39. The first kappa shape index (κ1) is 13.7. The van der Waals surface area contributed by atoms with Crippen molar-refractivity contribution in [2.24, 2.45) is 0 Å². The third kappa shape index (κ3) is 4.97. The molecular weight excluding hydrogens is 246 g/mol. The maximum atomic E-state index is 10.6. The van der Waals surface area contributed by atoms with Gasteiger partial charge in [0.1, 0.15) is 11.0 Å². The van der Waals surface area contributed by atoms with Crippen LogP contribution in [0.2, 0.25) is 5.15 Å². The van der Waals surface area contributed by atoms with Crippen molar-refractivity contribution in [3.05, 3.63) is 27.4 Å². The number of nitro groups is 1. The number of aliphatic hydroxyl groups excluding tert-OH is 1. The Labute approximate surface area is 104 Å². The summed E-state index contributed by atoms with van der Waals surface area (Å²) in [7, 11) is 0. The van der Waals surface area contributed by atoms with Gasteiger partial charge < -0.3 is 10.4 Å². The van der Waals surface area contributed by atoms with Crippen molar-refractivity contribution >= 4 is 23.1 Å². The van der Waals surface area contributed by atoms with E-state index in [4.69, 9.17) is 16.7 Å². The number of aliphatic hydroxyl groups is 1. The van der Waals surface area contributed by atoms with Gasteiger partial charge in [0.05, 0.1) is 23.2 Å². The highest BCUT2D eigenvalue weighted by Gasteiger charge is 2.09. The highest BCUT2D eigenvalue weighted by atomic mass is 35.5. The van der Waals surface area contributed by atoms with Crippen molar-refractivity contribution in [2.45, 2.75) is 25.9 Å². The number of nitrogens with zero attached hydrogens (tertiary/aromatic N) is 2. The second-order valence-corrected chi connectivity index (χ2v) is 4.10. The van der Waals surface area contributed by atoms with Gasteiger partial charge in [-0.05, 0) is 19.8 Å². The van der Waals surface area contributed by atoms with Crippen molar-refractivity contribution in [1.29, 1.82) is 0 Å². The molecule has 1 aromatic heterocycles. The lowest BCUT2D eigenvalue weighted by Gasteiger charge is -2.07. The first-order chi connectivity index (χ1) is 7.99. The molecule has 17 heavy (non-hydrogen) atoms. The lowest BCUT2D eigenvalue weighted by atomic mass is 10.2. The lowest BCUT2D eigenvalue weighted by Crippen LogP contribution is -2.07. The van der Waals surface area contributed by atoms with Crippen LogP contribution in [-0.4, -0.2) is 27.7 Å². The minimum atomic E-state index is -0.519. The highest BCUT2D eigenvalue weighted by molar-refractivity contribution is 6.29. The van der Waals surface area contributed by atoms with Crippen LogP contribution in [0.4, 0.5) is 11.5 Å². The number of nitrogens with one attached hydrogen (secondary N) is 1. The summed E-state index contributed by atoms with van der Waals surface area (Å²) in [5.41, 5.74) is -0.0944. The monoisotopic (exact) mass is 259 g/mol. The Morgan fingerprint density at radius 3 is 2.94 bits per heavy atom. The van der Waals surface area contributed by atoms with E-state index >= 15 is 0 Å². The summed E-state index contributed by atoms with van der Waals surface area (Å²) in [5, 5.41) is 22.6. The Kier molecular flexibility index (Phi) is 5.11. The molecule has 1 heterocycles. The quantitative estimate of drug-likeness (QED) is 0.354. The summed E-state index contributed by atoms with van der Waals surface area (Å²) in [6, 6.07) is 2.52. The van der Waals surface area contributed by atoms with E-state index in [1.807, 2.05) is 0 Å². The molecule has 0 saturated carbocycles. The van der Waals surface area contributed by atoms with Gasteiger partial charge >= 0.3 is 0 Å². The smallest absolute Gasteiger partial charge is 0.276 e. The zero-order chi connectivity index (χ0) is 12.8. The molecule has 0 spiro atoms. The molecule has 0 aromatic carbocycles. The zero-order valence-corrected chi connectivity index (χ0v) is 10.1. The van der Waals surface area contributed by atoms with Gasteiger partial charge in [0.25, 0.3) is 5.69 Å². The summed E-state index contributed by atoms with van der Waals surface area (Å²) in [6.07, 6.45) is 1.06. The number of rotatable bonds is 6. The van der Waals surface area contributed by atoms with E-state index in [0.717, 1.165) is 6.42 Å². The summed E-state index contributed by atoms with van der Waals surface area (Å²) in [4.78, 5) is 14.0. The van der Waals surface area contributed by atoms with Crippen molar-refractivity contribution in [3.63, 3.8) is 0 Å². The van der Waals surface area contributed by atoms with Gasteiger partial charge in [-0.3, -0.25) is 10.1 Å². The Bertz CT molecular complexity index is 398. The molecule has 7 heteroatoms. The molecular formula is C10H14ClN3O3.